The molecule has 0 saturated carbocycles. The van der Waals surface area contributed by atoms with Gasteiger partial charge in [0.1, 0.15) is 5.75 Å². The van der Waals surface area contributed by atoms with Crippen molar-refractivity contribution in [3.63, 3.8) is 0 Å². The Balaban J connectivity index is 3.48. The van der Waals surface area contributed by atoms with Crippen molar-refractivity contribution in [1.29, 1.82) is 0 Å². The lowest BCUT2D eigenvalue weighted by molar-refractivity contribution is 0.436. The van der Waals surface area contributed by atoms with Crippen molar-refractivity contribution in [3.8, 4) is 5.75 Å². The molecule has 0 fully saturated rings. The van der Waals surface area contributed by atoms with Crippen molar-refractivity contribution in [2.45, 2.75) is 71.8 Å². The van der Waals surface area contributed by atoms with E-state index in [0.29, 0.717) is 12.2 Å². The zero-order valence-corrected chi connectivity index (χ0v) is 13.5. The molecular weight excluding hydrogens is 234 g/mol. The van der Waals surface area contributed by atoms with Gasteiger partial charge in [-0.15, -0.1) is 0 Å². The van der Waals surface area contributed by atoms with Gasteiger partial charge in [-0.3, -0.25) is 0 Å². The zero-order chi connectivity index (χ0) is 15.0. The lowest BCUT2D eigenvalue weighted by Crippen LogP contribution is -2.21. The second-order valence-electron chi connectivity index (χ2n) is 7.71. The molecule has 2 heteroatoms. The summed E-state index contributed by atoms with van der Waals surface area (Å²) in [7, 11) is 0. The van der Waals surface area contributed by atoms with Crippen molar-refractivity contribution < 1.29 is 5.11 Å². The van der Waals surface area contributed by atoms with E-state index in [1.807, 2.05) is 6.92 Å². The Morgan fingerprint density at radius 1 is 1.05 bits per heavy atom. The quantitative estimate of drug-likeness (QED) is 0.850. The maximum atomic E-state index is 10.5. The van der Waals surface area contributed by atoms with E-state index in [4.69, 9.17) is 5.73 Å². The summed E-state index contributed by atoms with van der Waals surface area (Å²) in [5, 5.41) is 10.5. The molecule has 3 N–H and O–H groups in total. The van der Waals surface area contributed by atoms with Crippen molar-refractivity contribution in [1.82, 2.24) is 0 Å². The Morgan fingerprint density at radius 2 is 1.58 bits per heavy atom. The van der Waals surface area contributed by atoms with E-state index in [1.165, 1.54) is 5.56 Å². The molecule has 0 aromatic heterocycles. The number of nitrogens with two attached hydrogens (primary N) is 1. The van der Waals surface area contributed by atoms with Crippen LogP contribution in [-0.2, 0) is 17.3 Å². The summed E-state index contributed by atoms with van der Waals surface area (Å²) in [6.45, 7) is 14.9. The number of phenolic OH excluding ortho intramolecular Hbond substituents is 1. The first-order chi connectivity index (χ1) is 8.43. The highest BCUT2D eigenvalue weighted by atomic mass is 16.3. The Bertz CT molecular complexity index is 448. The molecule has 0 aliphatic rings. The lowest BCUT2D eigenvalue weighted by atomic mass is 9.78. The first-order valence-electron chi connectivity index (χ1n) is 7.05. The van der Waals surface area contributed by atoms with E-state index in [-0.39, 0.29) is 16.9 Å². The summed E-state index contributed by atoms with van der Waals surface area (Å²) < 4.78 is 0. The highest BCUT2D eigenvalue weighted by Crippen LogP contribution is 2.37. The van der Waals surface area contributed by atoms with Gasteiger partial charge in [0.2, 0.25) is 0 Å². The van der Waals surface area contributed by atoms with Crippen LogP contribution in [0.4, 0.5) is 0 Å². The molecule has 0 spiro atoms. The lowest BCUT2D eigenvalue weighted by Gasteiger charge is -2.28. The van der Waals surface area contributed by atoms with E-state index >= 15 is 0 Å². The summed E-state index contributed by atoms with van der Waals surface area (Å²) in [6.07, 6.45) is 0.707. The number of benzene rings is 1. The second kappa shape index (κ2) is 5.16. The van der Waals surface area contributed by atoms with Crippen LogP contribution >= 0.6 is 0 Å². The van der Waals surface area contributed by atoms with Crippen LogP contribution in [0.5, 0.6) is 5.75 Å². The van der Waals surface area contributed by atoms with Gasteiger partial charge in [0.15, 0.2) is 0 Å². The minimum atomic E-state index is -0.0715. The van der Waals surface area contributed by atoms with Crippen LogP contribution in [0.3, 0.4) is 0 Å². The molecule has 0 aliphatic carbocycles. The molecule has 19 heavy (non-hydrogen) atoms. The molecule has 0 heterocycles. The van der Waals surface area contributed by atoms with Crippen molar-refractivity contribution in [2.24, 2.45) is 5.73 Å². The number of aromatic hydroxyl groups is 1. The van der Waals surface area contributed by atoms with Gasteiger partial charge in [0, 0.05) is 6.04 Å². The van der Waals surface area contributed by atoms with Gasteiger partial charge in [0.25, 0.3) is 0 Å². The number of rotatable bonds is 2. The minimum Gasteiger partial charge on any atom is -0.507 e. The number of hydrogen-bond acceptors (Lipinski definition) is 2. The summed E-state index contributed by atoms with van der Waals surface area (Å²) in [4.78, 5) is 0. The molecule has 1 aromatic carbocycles. The summed E-state index contributed by atoms with van der Waals surface area (Å²) in [5.41, 5.74) is 9.13. The maximum Gasteiger partial charge on any atom is 0.122 e. The predicted molar refractivity (Wildman–Crippen MR) is 82.9 cm³/mol. The van der Waals surface area contributed by atoms with E-state index in [1.54, 1.807) is 0 Å². The first-order valence-corrected chi connectivity index (χ1v) is 7.05. The van der Waals surface area contributed by atoms with Crippen LogP contribution in [0.25, 0.3) is 0 Å². The molecule has 0 saturated heterocycles. The Hall–Kier alpha value is -1.02. The van der Waals surface area contributed by atoms with Crippen LogP contribution in [0.2, 0.25) is 0 Å². The first kappa shape index (κ1) is 16.0. The van der Waals surface area contributed by atoms with Gasteiger partial charge in [0.05, 0.1) is 0 Å². The Labute approximate surface area is 118 Å². The SMILES string of the molecule is CC(N)Cc1cc(C(C)(C)C)cc(C(C)(C)C)c1O. The van der Waals surface area contributed by atoms with Crippen LogP contribution in [0.1, 0.15) is 65.2 Å². The average Bonchev–Trinajstić information content (AvgIpc) is 2.16. The maximum absolute atomic E-state index is 10.5. The van der Waals surface area contributed by atoms with Crippen molar-refractivity contribution in [2.75, 3.05) is 0 Å². The van der Waals surface area contributed by atoms with Crippen LogP contribution in [-0.4, -0.2) is 11.1 Å². The standard InChI is InChI=1S/C17H29NO/c1-11(18)8-12-9-13(16(2,3)4)10-14(15(12)19)17(5,6)7/h9-11,19H,8,18H2,1-7H3. The third kappa shape index (κ3) is 3.97. The Kier molecular flexibility index (Phi) is 4.36. The molecule has 108 valence electrons. The summed E-state index contributed by atoms with van der Waals surface area (Å²) in [5.74, 6) is 0.415. The fourth-order valence-electron chi connectivity index (χ4n) is 2.20. The molecule has 0 aliphatic heterocycles. The smallest absolute Gasteiger partial charge is 0.122 e. The molecule has 1 rings (SSSR count). The van der Waals surface area contributed by atoms with Gasteiger partial charge < -0.3 is 10.8 Å². The zero-order valence-electron chi connectivity index (χ0n) is 13.5. The topological polar surface area (TPSA) is 46.2 Å². The van der Waals surface area contributed by atoms with E-state index < -0.39 is 0 Å². The highest BCUT2D eigenvalue weighted by molar-refractivity contribution is 5.49. The van der Waals surface area contributed by atoms with Gasteiger partial charge in [-0.2, -0.15) is 0 Å². The fraction of sp³-hybridized carbons (Fsp3) is 0.647. The fourth-order valence-corrected chi connectivity index (χ4v) is 2.20. The highest BCUT2D eigenvalue weighted by Gasteiger charge is 2.24. The van der Waals surface area contributed by atoms with Gasteiger partial charge in [-0.1, -0.05) is 53.7 Å². The second-order valence-corrected chi connectivity index (χ2v) is 7.71. The molecule has 0 amide bonds. The predicted octanol–water partition coefficient (Wildman–Crippen LogP) is 3.88. The molecular formula is C17H29NO. The van der Waals surface area contributed by atoms with E-state index in [2.05, 4.69) is 53.7 Å². The molecule has 1 atom stereocenters. The normalized spacial score (nSPS) is 14.5. The van der Waals surface area contributed by atoms with Crippen LogP contribution in [0, 0.1) is 0 Å². The number of phenols is 1. The van der Waals surface area contributed by atoms with Crippen LogP contribution < -0.4 is 5.73 Å². The molecule has 0 bridgehead atoms. The molecule has 0 radical (unpaired) electrons. The molecule has 1 unspecified atom stereocenters. The van der Waals surface area contributed by atoms with Crippen molar-refractivity contribution >= 4 is 0 Å². The molecule has 1 aromatic rings. The summed E-state index contributed by atoms with van der Waals surface area (Å²) >= 11 is 0. The third-order valence-electron chi connectivity index (χ3n) is 3.40. The minimum absolute atomic E-state index is 0.0499. The van der Waals surface area contributed by atoms with E-state index in [0.717, 1.165) is 11.1 Å². The number of hydrogen-bond donors (Lipinski definition) is 2. The largest absolute Gasteiger partial charge is 0.507 e. The third-order valence-corrected chi connectivity index (χ3v) is 3.40. The monoisotopic (exact) mass is 263 g/mol. The van der Waals surface area contributed by atoms with Crippen LogP contribution in [0.15, 0.2) is 12.1 Å². The van der Waals surface area contributed by atoms with Gasteiger partial charge in [-0.05, 0) is 40.9 Å². The van der Waals surface area contributed by atoms with Gasteiger partial charge in [-0.25, -0.2) is 0 Å². The summed E-state index contributed by atoms with van der Waals surface area (Å²) in [6, 6.07) is 4.29. The molecule has 2 nitrogen and oxygen atoms in total. The Morgan fingerprint density at radius 3 is 1.95 bits per heavy atom. The van der Waals surface area contributed by atoms with Crippen molar-refractivity contribution in [3.05, 3.63) is 28.8 Å². The van der Waals surface area contributed by atoms with Gasteiger partial charge >= 0.3 is 0 Å². The average molecular weight is 263 g/mol. The van der Waals surface area contributed by atoms with E-state index in [9.17, 15) is 5.11 Å².